The van der Waals surface area contributed by atoms with Crippen molar-refractivity contribution in [2.24, 2.45) is 7.05 Å². The number of benzene rings is 1. The van der Waals surface area contributed by atoms with Crippen molar-refractivity contribution in [2.45, 2.75) is 26.3 Å². The van der Waals surface area contributed by atoms with Crippen LogP contribution in [-0.2, 0) is 13.5 Å². The molecule has 0 saturated heterocycles. The van der Waals surface area contributed by atoms with E-state index in [1.165, 1.54) is 0 Å². The molecular formula is C15H19N3O. The molecule has 0 aliphatic rings. The highest BCUT2D eigenvalue weighted by Crippen LogP contribution is 2.14. The average molecular weight is 257 g/mol. The Bertz CT molecular complexity index is 560. The van der Waals surface area contributed by atoms with Crippen molar-refractivity contribution in [3.8, 4) is 0 Å². The number of rotatable bonds is 4. The van der Waals surface area contributed by atoms with Gasteiger partial charge in [-0.15, -0.1) is 0 Å². The standard InChI is InChI=1S/C15H19N3O/c1-4-14-13(10-16-18(14)3)15(19)17-11(2)12-8-6-5-7-9-12/h5-11H,4H2,1-3H3,(H,17,19)/t11-/m0/s1. The Morgan fingerprint density at radius 3 is 2.68 bits per heavy atom. The molecule has 0 unspecified atom stereocenters. The predicted molar refractivity (Wildman–Crippen MR) is 74.9 cm³/mol. The SMILES string of the molecule is CCc1c(C(=O)N[C@@H](C)c2ccccc2)cnn1C. The van der Waals surface area contributed by atoms with E-state index in [1.54, 1.807) is 10.9 Å². The lowest BCUT2D eigenvalue weighted by atomic mass is 10.1. The first-order valence-electron chi connectivity index (χ1n) is 6.50. The second-order valence-electron chi connectivity index (χ2n) is 4.59. The Morgan fingerprint density at radius 2 is 2.05 bits per heavy atom. The highest BCUT2D eigenvalue weighted by atomic mass is 16.1. The van der Waals surface area contributed by atoms with E-state index in [9.17, 15) is 4.79 Å². The summed E-state index contributed by atoms with van der Waals surface area (Å²) in [5.41, 5.74) is 2.71. The molecule has 100 valence electrons. The van der Waals surface area contributed by atoms with Crippen LogP contribution in [0.5, 0.6) is 0 Å². The second-order valence-corrected chi connectivity index (χ2v) is 4.59. The van der Waals surface area contributed by atoms with Crippen LogP contribution in [0.25, 0.3) is 0 Å². The van der Waals surface area contributed by atoms with Crippen molar-refractivity contribution in [3.05, 3.63) is 53.3 Å². The molecule has 1 aromatic heterocycles. The van der Waals surface area contributed by atoms with Crippen molar-refractivity contribution < 1.29 is 4.79 Å². The molecule has 1 aromatic carbocycles. The van der Waals surface area contributed by atoms with Crippen LogP contribution < -0.4 is 5.32 Å². The molecule has 1 amide bonds. The maximum atomic E-state index is 12.3. The average Bonchev–Trinajstić information content (AvgIpc) is 2.80. The van der Waals surface area contributed by atoms with Gasteiger partial charge < -0.3 is 5.32 Å². The number of nitrogens with one attached hydrogen (secondary N) is 1. The monoisotopic (exact) mass is 257 g/mol. The van der Waals surface area contributed by atoms with E-state index in [1.807, 2.05) is 51.2 Å². The van der Waals surface area contributed by atoms with Gasteiger partial charge in [-0.05, 0) is 18.9 Å². The molecule has 0 saturated carbocycles. The maximum Gasteiger partial charge on any atom is 0.255 e. The van der Waals surface area contributed by atoms with Crippen LogP contribution in [0, 0.1) is 0 Å². The van der Waals surface area contributed by atoms with Crippen LogP contribution in [0.15, 0.2) is 36.5 Å². The van der Waals surface area contributed by atoms with Crippen LogP contribution >= 0.6 is 0 Å². The van der Waals surface area contributed by atoms with Gasteiger partial charge in [0.15, 0.2) is 0 Å². The first kappa shape index (κ1) is 13.3. The van der Waals surface area contributed by atoms with Gasteiger partial charge in [0, 0.05) is 7.05 Å². The molecule has 1 atom stereocenters. The van der Waals surface area contributed by atoms with Crippen LogP contribution in [0.4, 0.5) is 0 Å². The van der Waals surface area contributed by atoms with Crippen molar-refractivity contribution in [3.63, 3.8) is 0 Å². The number of carbonyl (C=O) groups excluding carboxylic acids is 1. The fraction of sp³-hybridized carbons (Fsp3) is 0.333. The van der Waals surface area contributed by atoms with E-state index >= 15 is 0 Å². The molecule has 0 aliphatic heterocycles. The number of nitrogens with zero attached hydrogens (tertiary/aromatic N) is 2. The topological polar surface area (TPSA) is 46.9 Å². The summed E-state index contributed by atoms with van der Waals surface area (Å²) < 4.78 is 1.75. The summed E-state index contributed by atoms with van der Waals surface area (Å²) in [6.45, 7) is 4.00. The van der Waals surface area contributed by atoms with Crippen LogP contribution in [0.2, 0.25) is 0 Å². The third kappa shape index (κ3) is 2.84. The van der Waals surface area contributed by atoms with E-state index in [0.717, 1.165) is 17.7 Å². The minimum absolute atomic E-state index is 0.0152. The number of aromatic nitrogens is 2. The smallest absolute Gasteiger partial charge is 0.255 e. The Balaban J connectivity index is 2.13. The quantitative estimate of drug-likeness (QED) is 0.914. The van der Waals surface area contributed by atoms with Crippen molar-refractivity contribution in [1.29, 1.82) is 0 Å². The summed E-state index contributed by atoms with van der Waals surface area (Å²) in [4.78, 5) is 12.3. The van der Waals surface area contributed by atoms with Crippen molar-refractivity contribution >= 4 is 5.91 Å². The lowest BCUT2D eigenvalue weighted by molar-refractivity contribution is 0.0939. The molecule has 2 rings (SSSR count). The largest absolute Gasteiger partial charge is 0.345 e. The lowest BCUT2D eigenvalue weighted by Gasteiger charge is -2.14. The number of aryl methyl sites for hydroxylation is 1. The van der Waals surface area contributed by atoms with E-state index in [-0.39, 0.29) is 11.9 Å². The Hall–Kier alpha value is -2.10. The van der Waals surface area contributed by atoms with Crippen LogP contribution in [0.3, 0.4) is 0 Å². The summed E-state index contributed by atoms with van der Waals surface area (Å²) in [7, 11) is 1.86. The number of carbonyl (C=O) groups is 1. The first-order chi connectivity index (χ1) is 9.13. The third-order valence-electron chi connectivity index (χ3n) is 3.29. The van der Waals surface area contributed by atoms with E-state index in [4.69, 9.17) is 0 Å². The third-order valence-corrected chi connectivity index (χ3v) is 3.29. The Labute approximate surface area is 113 Å². The molecular weight excluding hydrogens is 238 g/mol. The van der Waals surface area contributed by atoms with Gasteiger partial charge in [0.2, 0.25) is 0 Å². The van der Waals surface area contributed by atoms with Gasteiger partial charge in [0.05, 0.1) is 23.5 Å². The maximum absolute atomic E-state index is 12.3. The van der Waals surface area contributed by atoms with E-state index < -0.39 is 0 Å². The molecule has 1 N–H and O–H groups in total. The zero-order valence-corrected chi connectivity index (χ0v) is 11.6. The van der Waals surface area contributed by atoms with Gasteiger partial charge >= 0.3 is 0 Å². The molecule has 0 radical (unpaired) electrons. The fourth-order valence-electron chi connectivity index (χ4n) is 2.17. The summed E-state index contributed by atoms with van der Waals surface area (Å²) in [5, 5.41) is 7.15. The van der Waals surface area contributed by atoms with Crippen LogP contribution in [0.1, 0.15) is 41.5 Å². The summed E-state index contributed by atoms with van der Waals surface area (Å²) in [6, 6.07) is 9.91. The van der Waals surface area contributed by atoms with Gasteiger partial charge in [-0.1, -0.05) is 37.3 Å². The van der Waals surface area contributed by atoms with Gasteiger partial charge in [0.1, 0.15) is 0 Å². The molecule has 4 nitrogen and oxygen atoms in total. The van der Waals surface area contributed by atoms with Gasteiger partial charge in [0.25, 0.3) is 5.91 Å². The number of amides is 1. The zero-order valence-electron chi connectivity index (χ0n) is 11.6. The van der Waals surface area contributed by atoms with E-state index in [2.05, 4.69) is 10.4 Å². The highest BCUT2D eigenvalue weighted by molar-refractivity contribution is 5.95. The molecule has 0 fully saturated rings. The Morgan fingerprint density at radius 1 is 1.37 bits per heavy atom. The van der Waals surface area contributed by atoms with Gasteiger partial charge in [-0.2, -0.15) is 5.10 Å². The highest BCUT2D eigenvalue weighted by Gasteiger charge is 2.16. The molecule has 1 heterocycles. The number of hydrogen-bond acceptors (Lipinski definition) is 2. The predicted octanol–water partition coefficient (Wildman–Crippen LogP) is 2.47. The Kier molecular flexibility index (Phi) is 4.00. The molecule has 4 heteroatoms. The lowest BCUT2D eigenvalue weighted by Crippen LogP contribution is -2.27. The van der Waals surface area contributed by atoms with Gasteiger partial charge in [-0.25, -0.2) is 0 Å². The minimum Gasteiger partial charge on any atom is -0.345 e. The van der Waals surface area contributed by atoms with Crippen LogP contribution in [-0.4, -0.2) is 15.7 Å². The van der Waals surface area contributed by atoms with Gasteiger partial charge in [-0.3, -0.25) is 9.48 Å². The zero-order chi connectivity index (χ0) is 13.8. The van der Waals surface area contributed by atoms with Crippen molar-refractivity contribution in [2.75, 3.05) is 0 Å². The molecule has 0 bridgehead atoms. The fourth-order valence-corrected chi connectivity index (χ4v) is 2.17. The summed E-state index contributed by atoms with van der Waals surface area (Å²) >= 11 is 0. The molecule has 19 heavy (non-hydrogen) atoms. The second kappa shape index (κ2) is 5.69. The molecule has 0 aliphatic carbocycles. The molecule has 0 spiro atoms. The summed E-state index contributed by atoms with van der Waals surface area (Å²) in [6.07, 6.45) is 2.42. The normalized spacial score (nSPS) is 12.2. The first-order valence-corrected chi connectivity index (χ1v) is 6.50. The molecule has 2 aromatic rings. The summed E-state index contributed by atoms with van der Waals surface area (Å²) in [5.74, 6) is -0.0682. The number of hydrogen-bond donors (Lipinski definition) is 1. The minimum atomic E-state index is -0.0682. The van der Waals surface area contributed by atoms with Crippen molar-refractivity contribution in [1.82, 2.24) is 15.1 Å². The van der Waals surface area contributed by atoms with E-state index in [0.29, 0.717) is 5.56 Å².